The Morgan fingerprint density at radius 1 is 1.12 bits per heavy atom. The molecule has 1 unspecified atom stereocenters. The lowest BCUT2D eigenvalue weighted by Gasteiger charge is -2.37. The van der Waals surface area contributed by atoms with E-state index in [1.807, 2.05) is 13.8 Å². The maximum absolute atomic E-state index is 11.7. The minimum Gasteiger partial charge on any atom is -0.480 e. The van der Waals surface area contributed by atoms with E-state index in [0.29, 0.717) is 0 Å². The van der Waals surface area contributed by atoms with Gasteiger partial charge >= 0.3 is 5.97 Å². The number of carbonyl (C=O) groups is 3. The van der Waals surface area contributed by atoms with Gasteiger partial charge in [0, 0.05) is 6.04 Å². The average molecular weight is 228 g/mol. The predicted octanol–water partition coefficient (Wildman–Crippen LogP) is -0.461. The van der Waals surface area contributed by atoms with Gasteiger partial charge in [0.25, 0.3) is 0 Å². The quantitative estimate of drug-likeness (QED) is 0.709. The Hall–Kier alpha value is -1.59. The first-order chi connectivity index (χ1) is 7.34. The highest BCUT2D eigenvalue weighted by Gasteiger charge is 2.35. The summed E-state index contributed by atoms with van der Waals surface area (Å²) in [7, 11) is 0. The number of hydrogen-bond acceptors (Lipinski definition) is 3. The van der Waals surface area contributed by atoms with E-state index in [1.165, 1.54) is 11.8 Å². The third-order valence-electron chi connectivity index (χ3n) is 2.70. The van der Waals surface area contributed by atoms with Crippen molar-refractivity contribution in [1.29, 1.82) is 0 Å². The molecule has 0 radical (unpaired) electrons. The third-order valence-corrected chi connectivity index (χ3v) is 2.70. The molecule has 6 nitrogen and oxygen atoms in total. The van der Waals surface area contributed by atoms with Crippen LogP contribution in [0.5, 0.6) is 0 Å². The van der Waals surface area contributed by atoms with Crippen LogP contribution in [0, 0.1) is 0 Å². The smallest absolute Gasteiger partial charge is 0.326 e. The molecule has 1 atom stereocenters. The van der Waals surface area contributed by atoms with Crippen LogP contribution in [-0.2, 0) is 14.4 Å². The van der Waals surface area contributed by atoms with Gasteiger partial charge in [-0.1, -0.05) is 0 Å². The summed E-state index contributed by atoms with van der Waals surface area (Å²) >= 11 is 0. The summed E-state index contributed by atoms with van der Waals surface area (Å²) in [5.41, 5.74) is 0. The van der Waals surface area contributed by atoms with Crippen molar-refractivity contribution >= 4 is 17.8 Å². The van der Waals surface area contributed by atoms with E-state index < -0.39 is 12.0 Å². The van der Waals surface area contributed by atoms with E-state index in [0.717, 1.165) is 4.90 Å². The van der Waals surface area contributed by atoms with Crippen molar-refractivity contribution < 1.29 is 19.5 Å². The molecular formula is C10H16N2O4. The normalized spacial score (nSPS) is 19.2. The molecule has 16 heavy (non-hydrogen) atoms. The van der Waals surface area contributed by atoms with E-state index in [-0.39, 0.29) is 30.9 Å². The molecule has 1 rings (SSSR count). The van der Waals surface area contributed by atoms with Crippen LogP contribution in [0.1, 0.15) is 20.8 Å². The number of nitrogens with zero attached hydrogens (tertiary/aromatic N) is 2. The summed E-state index contributed by atoms with van der Waals surface area (Å²) in [6, 6.07) is -0.996. The third kappa shape index (κ3) is 2.32. The fourth-order valence-corrected chi connectivity index (χ4v) is 1.61. The van der Waals surface area contributed by atoms with Gasteiger partial charge in [0.05, 0.1) is 0 Å². The lowest BCUT2D eigenvalue weighted by Crippen LogP contribution is -2.59. The first kappa shape index (κ1) is 12.5. The van der Waals surface area contributed by atoms with Crippen LogP contribution < -0.4 is 0 Å². The SMILES string of the molecule is CC(C)N1CC(=O)N(C(C)C(=O)O)CC1=O. The van der Waals surface area contributed by atoms with Gasteiger partial charge in [0.2, 0.25) is 11.8 Å². The van der Waals surface area contributed by atoms with E-state index in [2.05, 4.69) is 0 Å². The molecule has 2 amide bonds. The summed E-state index contributed by atoms with van der Waals surface area (Å²) in [4.78, 5) is 36.6. The van der Waals surface area contributed by atoms with Crippen molar-refractivity contribution in [2.75, 3.05) is 13.1 Å². The zero-order chi connectivity index (χ0) is 12.5. The van der Waals surface area contributed by atoms with Crippen molar-refractivity contribution in [3.63, 3.8) is 0 Å². The van der Waals surface area contributed by atoms with Gasteiger partial charge in [-0.25, -0.2) is 4.79 Å². The number of hydrogen-bond donors (Lipinski definition) is 1. The molecule has 1 aliphatic heterocycles. The molecule has 6 heteroatoms. The van der Waals surface area contributed by atoms with Gasteiger partial charge in [-0.05, 0) is 20.8 Å². The Balaban J connectivity index is 2.78. The number of aliphatic carboxylic acids is 1. The van der Waals surface area contributed by atoms with E-state index >= 15 is 0 Å². The van der Waals surface area contributed by atoms with E-state index in [1.54, 1.807) is 0 Å². The molecule has 0 aromatic carbocycles. The average Bonchev–Trinajstić information content (AvgIpc) is 2.19. The highest BCUT2D eigenvalue weighted by atomic mass is 16.4. The molecule has 0 aromatic heterocycles. The van der Waals surface area contributed by atoms with Crippen molar-refractivity contribution in [3.8, 4) is 0 Å². The Kier molecular flexibility index (Phi) is 3.51. The molecule has 1 N–H and O–H groups in total. The molecule has 0 aromatic rings. The topological polar surface area (TPSA) is 77.9 Å². The molecule has 0 saturated carbocycles. The zero-order valence-electron chi connectivity index (χ0n) is 9.64. The predicted molar refractivity (Wildman–Crippen MR) is 55.7 cm³/mol. The summed E-state index contributed by atoms with van der Waals surface area (Å²) < 4.78 is 0. The second-order valence-corrected chi connectivity index (χ2v) is 4.15. The highest BCUT2D eigenvalue weighted by molar-refractivity contribution is 5.95. The van der Waals surface area contributed by atoms with E-state index in [9.17, 15) is 14.4 Å². The second kappa shape index (κ2) is 4.51. The van der Waals surface area contributed by atoms with Gasteiger partial charge < -0.3 is 14.9 Å². The van der Waals surface area contributed by atoms with Crippen LogP contribution in [0.2, 0.25) is 0 Å². The molecule has 1 fully saturated rings. The summed E-state index contributed by atoms with van der Waals surface area (Å²) in [5.74, 6) is -1.62. The Morgan fingerprint density at radius 3 is 2.00 bits per heavy atom. The van der Waals surface area contributed by atoms with Gasteiger partial charge in [0.1, 0.15) is 19.1 Å². The van der Waals surface area contributed by atoms with Crippen molar-refractivity contribution in [1.82, 2.24) is 9.80 Å². The molecule has 90 valence electrons. The van der Waals surface area contributed by atoms with Crippen molar-refractivity contribution in [2.45, 2.75) is 32.9 Å². The van der Waals surface area contributed by atoms with E-state index in [4.69, 9.17) is 5.11 Å². The molecule has 1 aliphatic rings. The largest absolute Gasteiger partial charge is 0.480 e. The summed E-state index contributed by atoms with van der Waals surface area (Å²) in [5, 5.41) is 8.79. The fourth-order valence-electron chi connectivity index (χ4n) is 1.61. The molecule has 0 spiro atoms. The number of carboxylic acids is 1. The summed E-state index contributed by atoms with van der Waals surface area (Å²) in [6.07, 6.45) is 0. The molecule has 0 bridgehead atoms. The van der Waals surface area contributed by atoms with Crippen LogP contribution in [-0.4, -0.2) is 57.9 Å². The van der Waals surface area contributed by atoms with Gasteiger partial charge in [0.15, 0.2) is 0 Å². The molecular weight excluding hydrogens is 212 g/mol. The number of piperazine rings is 1. The lowest BCUT2D eigenvalue weighted by atomic mass is 10.2. The van der Waals surface area contributed by atoms with Gasteiger partial charge in [-0.2, -0.15) is 0 Å². The first-order valence-electron chi connectivity index (χ1n) is 5.16. The number of amides is 2. The highest BCUT2D eigenvalue weighted by Crippen LogP contribution is 2.11. The maximum Gasteiger partial charge on any atom is 0.326 e. The van der Waals surface area contributed by atoms with Crippen LogP contribution >= 0.6 is 0 Å². The number of carbonyl (C=O) groups excluding carboxylic acids is 2. The monoisotopic (exact) mass is 228 g/mol. The van der Waals surface area contributed by atoms with Crippen LogP contribution in [0.25, 0.3) is 0 Å². The minimum atomic E-state index is -1.10. The van der Waals surface area contributed by atoms with Crippen LogP contribution in [0.15, 0.2) is 0 Å². The van der Waals surface area contributed by atoms with Crippen LogP contribution in [0.3, 0.4) is 0 Å². The van der Waals surface area contributed by atoms with Crippen molar-refractivity contribution in [2.24, 2.45) is 0 Å². The Morgan fingerprint density at radius 2 is 1.56 bits per heavy atom. The Labute approximate surface area is 93.8 Å². The molecule has 0 aliphatic carbocycles. The minimum absolute atomic E-state index is 0.0336. The molecule has 1 saturated heterocycles. The second-order valence-electron chi connectivity index (χ2n) is 4.15. The lowest BCUT2D eigenvalue weighted by molar-refractivity contribution is -0.159. The molecule has 1 heterocycles. The Bertz CT molecular complexity index is 327. The van der Waals surface area contributed by atoms with Crippen LogP contribution in [0.4, 0.5) is 0 Å². The first-order valence-corrected chi connectivity index (χ1v) is 5.16. The van der Waals surface area contributed by atoms with Gasteiger partial charge in [-0.15, -0.1) is 0 Å². The number of carboxylic acid groups (broad SMARTS) is 1. The maximum atomic E-state index is 11.7. The number of rotatable bonds is 3. The summed E-state index contributed by atoms with van der Waals surface area (Å²) in [6.45, 7) is 4.86. The van der Waals surface area contributed by atoms with Crippen molar-refractivity contribution in [3.05, 3.63) is 0 Å². The fraction of sp³-hybridized carbons (Fsp3) is 0.700. The zero-order valence-corrected chi connectivity index (χ0v) is 9.64. The van der Waals surface area contributed by atoms with Gasteiger partial charge in [-0.3, -0.25) is 9.59 Å². The standard InChI is InChI=1S/C10H16N2O4/c1-6(2)11-4-9(14)12(5-8(11)13)7(3)10(15)16/h6-7H,4-5H2,1-3H3,(H,15,16).